The van der Waals surface area contributed by atoms with Crippen LogP contribution in [0.4, 0.5) is 0 Å². The number of carbonyl (C=O) groups is 1. The molecular weight excluding hydrogens is 240 g/mol. The van der Waals surface area contributed by atoms with Gasteiger partial charge < -0.3 is 16.0 Å². The zero-order valence-electron chi connectivity index (χ0n) is 12.7. The largest absolute Gasteiger partial charge is 0.356 e. The summed E-state index contributed by atoms with van der Waals surface area (Å²) in [7, 11) is 2.09. The predicted molar refractivity (Wildman–Crippen MR) is 79.0 cm³/mol. The molecule has 0 saturated carbocycles. The Balaban J connectivity index is 2.44. The van der Waals surface area contributed by atoms with Crippen molar-refractivity contribution >= 4 is 5.91 Å². The fourth-order valence-corrected chi connectivity index (χ4v) is 2.90. The van der Waals surface area contributed by atoms with Crippen LogP contribution in [0.3, 0.4) is 0 Å². The van der Waals surface area contributed by atoms with Crippen molar-refractivity contribution in [3.05, 3.63) is 0 Å². The van der Waals surface area contributed by atoms with Crippen LogP contribution in [0, 0.1) is 0 Å². The minimum atomic E-state index is 0.101. The molecule has 1 aliphatic heterocycles. The van der Waals surface area contributed by atoms with Crippen LogP contribution in [-0.2, 0) is 4.79 Å². The van der Waals surface area contributed by atoms with E-state index in [2.05, 4.69) is 29.1 Å². The molecule has 1 rings (SSSR count). The summed E-state index contributed by atoms with van der Waals surface area (Å²) in [5, 5.41) is 2.85. The first-order valence-corrected chi connectivity index (χ1v) is 7.53. The third kappa shape index (κ3) is 5.09. The number of likely N-dealkylation sites (tertiary alicyclic amines) is 1. The second kappa shape index (κ2) is 8.51. The lowest BCUT2D eigenvalue weighted by Crippen LogP contribution is -2.47. The Morgan fingerprint density at radius 1 is 1.53 bits per heavy atom. The van der Waals surface area contributed by atoms with E-state index in [1.165, 1.54) is 19.4 Å². The molecule has 1 heterocycles. The molecule has 0 spiro atoms. The Kier molecular flexibility index (Phi) is 7.34. The quantitative estimate of drug-likeness (QED) is 0.664. The fourth-order valence-electron chi connectivity index (χ4n) is 2.90. The van der Waals surface area contributed by atoms with Crippen molar-refractivity contribution in [3.63, 3.8) is 0 Å². The lowest BCUT2D eigenvalue weighted by Gasteiger charge is -2.32. The molecule has 0 radical (unpaired) electrons. The van der Waals surface area contributed by atoms with Crippen molar-refractivity contribution in [2.45, 2.75) is 45.2 Å². The first-order valence-electron chi connectivity index (χ1n) is 7.53. The molecule has 2 atom stereocenters. The zero-order chi connectivity index (χ0) is 14.3. The average molecular weight is 270 g/mol. The molecule has 1 saturated heterocycles. The Morgan fingerprint density at radius 2 is 2.26 bits per heavy atom. The molecular formula is C14H30N4O. The van der Waals surface area contributed by atoms with Crippen LogP contribution in [0.1, 0.15) is 33.1 Å². The standard InChI is InChI=1S/C14H30N4O/c1-4-16-14(19)9-13(10-15)17(3)11-12-7-6-8-18(12)5-2/h12-13H,4-11,15H2,1-3H3,(H,16,19). The van der Waals surface area contributed by atoms with Crippen LogP contribution in [0.5, 0.6) is 0 Å². The molecule has 5 nitrogen and oxygen atoms in total. The maximum Gasteiger partial charge on any atom is 0.221 e. The van der Waals surface area contributed by atoms with E-state index in [0.29, 0.717) is 25.6 Å². The first kappa shape index (κ1) is 16.4. The lowest BCUT2D eigenvalue weighted by molar-refractivity contribution is -0.122. The van der Waals surface area contributed by atoms with Crippen molar-refractivity contribution in [1.82, 2.24) is 15.1 Å². The van der Waals surface area contributed by atoms with Gasteiger partial charge >= 0.3 is 0 Å². The molecule has 1 amide bonds. The van der Waals surface area contributed by atoms with Gasteiger partial charge in [-0.05, 0) is 39.9 Å². The van der Waals surface area contributed by atoms with Crippen LogP contribution in [-0.4, -0.2) is 67.6 Å². The summed E-state index contributed by atoms with van der Waals surface area (Å²) < 4.78 is 0. The van der Waals surface area contributed by atoms with Crippen molar-refractivity contribution in [2.75, 3.05) is 39.8 Å². The molecule has 19 heavy (non-hydrogen) atoms. The number of nitrogens with one attached hydrogen (secondary N) is 1. The number of nitrogens with two attached hydrogens (primary N) is 1. The number of carbonyl (C=O) groups excluding carboxylic acids is 1. The minimum absolute atomic E-state index is 0.101. The molecule has 0 aliphatic carbocycles. The van der Waals surface area contributed by atoms with Gasteiger partial charge in [-0.25, -0.2) is 0 Å². The zero-order valence-corrected chi connectivity index (χ0v) is 12.7. The van der Waals surface area contributed by atoms with Gasteiger partial charge in [0.2, 0.25) is 5.91 Å². The highest BCUT2D eigenvalue weighted by Crippen LogP contribution is 2.18. The summed E-state index contributed by atoms with van der Waals surface area (Å²) in [6, 6.07) is 0.768. The third-order valence-corrected chi connectivity index (χ3v) is 4.09. The molecule has 1 aliphatic rings. The van der Waals surface area contributed by atoms with Gasteiger partial charge in [0.25, 0.3) is 0 Å². The normalized spacial score (nSPS) is 21.8. The summed E-state index contributed by atoms with van der Waals surface area (Å²) >= 11 is 0. The van der Waals surface area contributed by atoms with E-state index in [0.717, 1.165) is 13.1 Å². The van der Waals surface area contributed by atoms with E-state index >= 15 is 0 Å². The summed E-state index contributed by atoms with van der Waals surface area (Å²) in [6.45, 7) is 8.71. The maximum absolute atomic E-state index is 11.7. The number of nitrogens with zero attached hydrogens (tertiary/aromatic N) is 2. The summed E-state index contributed by atoms with van der Waals surface area (Å²) in [6.07, 6.45) is 3.05. The number of likely N-dealkylation sites (N-methyl/N-ethyl adjacent to an activating group) is 2. The molecule has 2 unspecified atom stereocenters. The third-order valence-electron chi connectivity index (χ3n) is 4.09. The number of rotatable bonds is 8. The Bertz CT molecular complexity index is 272. The Labute approximate surface area is 117 Å². The smallest absolute Gasteiger partial charge is 0.221 e. The first-order chi connectivity index (χ1) is 9.12. The SMILES string of the molecule is CCNC(=O)CC(CN)N(C)CC1CCCN1CC. The minimum Gasteiger partial charge on any atom is -0.356 e. The average Bonchev–Trinajstić information content (AvgIpc) is 2.83. The van der Waals surface area contributed by atoms with E-state index in [4.69, 9.17) is 5.73 Å². The van der Waals surface area contributed by atoms with Crippen molar-refractivity contribution in [1.29, 1.82) is 0 Å². The van der Waals surface area contributed by atoms with Gasteiger partial charge in [-0.1, -0.05) is 6.92 Å². The highest BCUT2D eigenvalue weighted by Gasteiger charge is 2.26. The molecule has 3 N–H and O–H groups in total. The van der Waals surface area contributed by atoms with Gasteiger partial charge in [0.05, 0.1) is 0 Å². The molecule has 112 valence electrons. The van der Waals surface area contributed by atoms with Gasteiger partial charge in [-0.3, -0.25) is 9.69 Å². The number of hydrogen-bond donors (Lipinski definition) is 2. The summed E-state index contributed by atoms with van der Waals surface area (Å²) in [4.78, 5) is 16.5. The Hall–Kier alpha value is -0.650. The topological polar surface area (TPSA) is 61.6 Å². The van der Waals surface area contributed by atoms with Gasteiger partial charge in [-0.2, -0.15) is 0 Å². The highest BCUT2D eigenvalue weighted by molar-refractivity contribution is 5.76. The van der Waals surface area contributed by atoms with E-state index in [1.54, 1.807) is 0 Å². The van der Waals surface area contributed by atoms with Crippen molar-refractivity contribution < 1.29 is 4.79 Å². The van der Waals surface area contributed by atoms with E-state index < -0.39 is 0 Å². The van der Waals surface area contributed by atoms with Gasteiger partial charge in [-0.15, -0.1) is 0 Å². The van der Waals surface area contributed by atoms with Gasteiger partial charge in [0, 0.05) is 38.1 Å². The number of amides is 1. The molecule has 0 aromatic rings. The van der Waals surface area contributed by atoms with E-state index in [1.807, 2.05) is 6.92 Å². The van der Waals surface area contributed by atoms with E-state index in [-0.39, 0.29) is 11.9 Å². The van der Waals surface area contributed by atoms with Crippen LogP contribution >= 0.6 is 0 Å². The van der Waals surface area contributed by atoms with Crippen LogP contribution in [0.15, 0.2) is 0 Å². The van der Waals surface area contributed by atoms with Gasteiger partial charge in [0.15, 0.2) is 0 Å². The second-order valence-corrected chi connectivity index (χ2v) is 5.41. The molecule has 0 aromatic heterocycles. The predicted octanol–water partition coefficient (Wildman–Crippen LogP) is 0.256. The van der Waals surface area contributed by atoms with Crippen LogP contribution in [0.25, 0.3) is 0 Å². The monoisotopic (exact) mass is 270 g/mol. The van der Waals surface area contributed by atoms with Crippen molar-refractivity contribution in [2.24, 2.45) is 5.73 Å². The maximum atomic E-state index is 11.7. The van der Waals surface area contributed by atoms with Gasteiger partial charge in [0.1, 0.15) is 0 Å². The second-order valence-electron chi connectivity index (χ2n) is 5.41. The van der Waals surface area contributed by atoms with Crippen LogP contribution < -0.4 is 11.1 Å². The molecule has 1 fully saturated rings. The van der Waals surface area contributed by atoms with Crippen LogP contribution in [0.2, 0.25) is 0 Å². The van der Waals surface area contributed by atoms with E-state index in [9.17, 15) is 4.79 Å². The molecule has 0 bridgehead atoms. The summed E-state index contributed by atoms with van der Waals surface area (Å²) in [5.41, 5.74) is 5.82. The highest BCUT2D eigenvalue weighted by atomic mass is 16.1. The fraction of sp³-hybridized carbons (Fsp3) is 0.929. The summed E-state index contributed by atoms with van der Waals surface area (Å²) in [5.74, 6) is 0.101. The Morgan fingerprint density at radius 3 is 2.84 bits per heavy atom. The van der Waals surface area contributed by atoms with Crippen molar-refractivity contribution in [3.8, 4) is 0 Å². The number of hydrogen-bond acceptors (Lipinski definition) is 4. The molecule has 0 aromatic carbocycles. The molecule has 5 heteroatoms. The lowest BCUT2D eigenvalue weighted by atomic mass is 10.1.